The van der Waals surface area contributed by atoms with Gasteiger partial charge in [-0.2, -0.15) is 0 Å². The van der Waals surface area contributed by atoms with Crippen LogP contribution in [0.25, 0.3) is 0 Å². The lowest BCUT2D eigenvalue weighted by Gasteiger charge is -2.08. The van der Waals surface area contributed by atoms with Crippen LogP contribution in [0, 0.1) is 6.92 Å². The van der Waals surface area contributed by atoms with E-state index in [0.717, 1.165) is 12.0 Å². The molecular weight excluding hydrogens is 256 g/mol. The molecular formula is C15H22N2O3. The Morgan fingerprint density at radius 2 is 1.85 bits per heavy atom. The number of aliphatic hydroxyl groups is 1. The number of aryl methyl sites for hydroxylation is 1. The van der Waals surface area contributed by atoms with Gasteiger partial charge in [-0.3, -0.25) is 9.59 Å². The van der Waals surface area contributed by atoms with Gasteiger partial charge in [0.15, 0.2) is 0 Å². The molecule has 1 rings (SSSR count). The lowest BCUT2D eigenvalue weighted by atomic mass is 10.1. The summed E-state index contributed by atoms with van der Waals surface area (Å²) in [5, 5.41) is 14.3. The molecule has 0 fully saturated rings. The second kappa shape index (κ2) is 8.32. The highest BCUT2D eigenvalue weighted by Crippen LogP contribution is 2.02. The topological polar surface area (TPSA) is 78.4 Å². The van der Waals surface area contributed by atoms with Gasteiger partial charge in [0.1, 0.15) is 0 Å². The van der Waals surface area contributed by atoms with Crippen molar-refractivity contribution in [1.29, 1.82) is 0 Å². The van der Waals surface area contributed by atoms with E-state index in [1.54, 1.807) is 19.1 Å². The van der Waals surface area contributed by atoms with E-state index in [2.05, 4.69) is 10.6 Å². The molecule has 1 atom stereocenters. The maximum absolute atomic E-state index is 11.8. The lowest BCUT2D eigenvalue weighted by molar-refractivity contribution is -0.120. The van der Waals surface area contributed by atoms with Crippen LogP contribution in [0.15, 0.2) is 24.3 Å². The molecule has 1 unspecified atom stereocenters. The van der Waals surface area contributed by atoms with Crippen molar-refractivity contribution < 1.29 is 14.7 Å². The molecule has 0 heterocycles. The fraction of sp³-hybridized carbons (Fsp3) is 0.467. The molecule has 0 aliphatic carbocycles. The van der Waals surface area contributed by atoms with Gasteiger partial charge in [0.05, 0.1) is 12.6 Å². The summed E-state index contributed by atoms with van der Waals surface area (Å²) < 4.78 is 0. The fourth-order valence-corrected chi connectivity index (χ4v) is 1.66. The molecule has 3 N–H and O–H groups in total. The van der Waals surface area contributed by atoms with E-state index in [-0.39, 0.29) is 24.5 Å². The average Bonchev–Trinajstić information content (AvgIpc) is 2.41. The summed E-state index contributed by atoms with van der Waals surface area (Å²) in [5.74, 6) is -0.486. The third kappa shape index (κ3) is 6.33. The summed E-state index contributed by atoms with van der Waals surface area (Å²) in [6.07, 6.45) is 1.01. The van der Waals surface area contributed by atoms with Crippen LogP contribution in [0.2, 0.25) is 0 Å². The molecule has 0 aromatic heterocycles. The van der Waals surface area contributed by atoms with Crippen LogP contribution in [0.3, 0.4) is 0 Å². The number of amides is 2. The van der Waals surface area contributed by atoms with Gasteiger partial charge in [-0.25, -0.2) is 0 Å². The standard InChI is InChI=1S/C15H22N2O3/c1-11-5-7-13(8-6-11)15(20)17-10-14(19)16-9-3-4-12(2)18/h5-8,12,18H,3-4,9-10H2,1-2H3,(H,16,19)(H,17,20). The number of rotatable bonds is 7. The highest BCUT2D eigenvalue weighted by Gasteiger charge is 2.07. The predicted octanol–water partition coefficient (Wildman–Crippen LogP) is 1.00. The molecule has 5 heteroatoms. The van der Waals surface area contributed by atoms with Crippen molar-refractivity contribution in [3.05, 3.63) is 35.4 Å². The van der Waals surface area contributed by atoms with E-state index in [0.29, 0.717) is 18.5 Å². The normalized spacial score (nSPS) is 11.8. The first kappa shape index (κ1) is 16.2. The van der Waals surface area contributed by atoms with Crippen LogP contribution >= 0.6 is 0 Å². The van der Waals surface area contributed by atoms with Gasteiger partial charge in [-0.15, -0.1) is 0 Å². The van der Waals surface area contributed by atoms with Crippen molar-refractivity contribution in [3.8, 4) is 0 Å². The summed E-state index contributed by atoms with van der Waals surface area (Å²) >= 11 is 0. The zero-order chi connectivity index (χ0) is 15.0. The number of carbonyl (C=O) groups excluding carboxylic acids is 2. The van der Waals surface area contributed by atoms with Gasteiger partial charge < -0.3 is 15.7 Å². The molecule has 1 aromatic rings. The number of hydrogen-bond acceptors (Lipinski definition) is 3. The van der Waals surface area contributed by atoms with E-state index in [1.807, 2.05) is 19.1 Å². The smallest absolute Gasteiger partial charge is 0.251 e. The van der Waals surface area contributed by atoms with Gasteiger partial charge in [-0.05, 0) is 38.8 Å². The minimum atomic E-state index is -0.354. The maximum atomic E-state index is 11.8. The van der Waals surface area contributed by atoms with Crippen molar-refractivity contribution in [1.82, 2.24) is 10.6 Å². The molecule has 110 valence electrons. The number of nitrogens with one attached hydrogen (secondary N) is 2. The zero-order valence-electron chi connectivity index (χ0n) is 12.0. The van der Waals surface area contributed by atoms with Crippen molar-refractivity contribution in [2.45, 2.75) is 32.8 Å². The minimum absolute atomic E-state index is 0.0403. The van der Waals surface area contributed by atoms with Crippen molar-refractivity contribution >= 4 is 11.8 Å². The highest BCUT2D eigenvalue weighted by atomic mass is 16.3. The van der Waals surface area contributed by atoms with Crippen molar-refractivity contribution in [2.75, 3.05) is 13.1 Å². The number of hydrogen-bond donors (Lipinski definition) is 3. The largest absolute Gasteiger partial charge is 0.393 e. The molecule has 20 heavy (non-hydrogen) atoms. The van der Waals surface area contributed by atoms with Crippen LogP contribution in [-0.2, 0) is 4.79 Å². The maximum Gasteiger partial charge on any atom is 0.251 e. The second-order valence-electron chi connectivity index (χ2n) is 4.89. The fourth-order valence-electron chi connectivity index (χ4n) is 1.66. The van der Waals surface area contributed by atoms with Crippen LogP contribution in [0.1, 0.15) is 35.7 Å². The monoisotopic (exact) mass is 278 g/mol. The van der Waals surface area contributed by atoms with Gasteiger partial charge in [0.2, 0.25) is 5.91 Å². The molecule has 0 radical (unpaired) electrons. The van der Waals surface area contributed by atoms with E-state index in [1.165, 1.54) is 0 Å². The molecule has 0 aliphatic heterocycles. The molecule has 0 saturated carbocycles. The van der Waals surface area contributed by atoms with Crippen LogP contribution < -0.4 is 10.6 Å². The average molecular weight is 278 g/mol. The Morgan fingerprint density at radius 1 is 1.20 bits per heavy atom. The molecule has 0 saturated heterocycles. The second-order valence-corrected chi connectivity index (χ2v) is 4.89. The first-order valence-electron chi connectivity index (χ1n) is 6.78. The minimum Gasteiger partial charge on any atom is -0.393 e. The third-order valence-corrected chi connectivity index (χ3v) is 2.84. The SMILES string of the molecule is Cc1ccc(C(=O)NCC(=O)NCCCC(C)O)cc1. The Labute approximate surface area is 119 Å². The van der Waals surface area contributed by atoms with Gasteiger partial charge in [0.25, 0.3) is 5.91 Å². The number of aliphatic hydroxyl groups excluding tert-OH is 1. The predicted molar refractivity (Wildman–Crippen MR) is 77.4 cm³/mol. The first-order chi connectivity index (χ1) is 9.49. The molecule has 0 aliphatic rings. The Hall–Kier alpha value is -1.88. The van der Waals surface area contributed by atoms with Gasteiger partial charge >= 0.3 is 0 Å². The van der Waals surface area contributed by atoms with Crippen molar-refractivity contribution in [3.63, 3.8) is 0 Å². The quantitative estimate of drug-likeness (QED) is 0.651. The highest BCUT2D eigenvalue weighted by molar-refractivity contribution is 5.96. The summed E-state index contributed by atoms with van der Waals surface area (Å²) in [6.45, 7) is 4.12. The Morgan fingerprint density at radius 3 is 2.45 bits per heavy atom. The zero-order valence-corrected chi connectivity index (χ0v) is 12.0. The van der Waals surface area contributed by atoms with Gasteiger partial charge in [-0.1, -0.05) is 17.7 Å². The Balaban J connectivity index is 2.23. The summed E-state index contributed by atoms with van der Waals surface area (Å²) in [4.78, 5) is 23.2. The van der Waals surface area contributed by atoms with E-state index in [9.17, 15) is 9.59 Å². The Kier molecular flexibility index (Phi) is 6.73. The number of benzene rings is 1. The molecule has 0 bridgehead atoms. The molecule has 5 nitrogen and oxygen atoms in total. The van der Waals surface area contributed by atoms with E-state index >= 15 is 0 Å². The Bertz CT molecular complexity index is 441. The summed E-state index contributed by atoms with van der Waals surface area (Å²) in [7, 11) is 0. The first-order valence-corrected chi connectivity index (χ1v) is 6.78. The number of carbonyl (C=O) groups is 2. The van der Waals surface area contributed by atoms with Crippen molar-refractivity contribution in [2.24, 2.45) is 0 Å². The summed E-state index contributed by atoms with van der Waals surface area (Å²) in [5.41, 5.74) is 1.62. The molecule has 1 aromatic carbocycles. The molecule has 0 spiro atoms. The molecule has 2 amide bonds. The lowest BCUT2D eigenvalue weighted by Crippen LogP contribution is -2.37. The van der Waals surface area contributed by atoms with Gasteiger partial charge in [0, 0.05) is 12.1 Å². The van der Waals surface area contributed by atoms with Crippen LogP contribution in [0.5, 0.6) is 0 Å². The third-order valence-electron chi connectivity index (χ3n) is 2.84. The van der Waals surface area contributed by atoms with E-state index in [4.69, 9.17) is 5.11 Å². The van der Waals surface area contributed by atoms with E-state index < -0.39 is 0 Å². The summed E-state index contributed by atoms with van der Waals surface area (Å²) in [6, 6.07) is 7.16. The van der Waals surface area contributed by atoms with Crippen LogP contribution in [-0.4, -0.2) is 36.1 Å². The van der Waals surface area contributed by atoms with Crippen LogP contribution in [0.4, 0.5) is 0 Å².